The summed E-state index contributed by atoms with van der Waals surface area (Å²) in [5.41, 5.74) is 5.24. The van der Waals surface area contributed by atoms with Gasteiger partial charge in [0.1, 0.15) is 0 Å². The molecule has 0 aliphatic heterocycles. The van der Waals surface area contributed by atoms with Crippen molar-refractivity contribution in [3.05, 3.63) is 0 Å². The molecule has 0 radical (unpaired) electrons. The largest absolute Gasteiger partial charge is 0.330 e. The molecule has 2 heteroatoms. The minimum atomic E-state index is 0.821. The van der Waals surface area contributed by atoms with E-state index in [4.69, 9.17) is 5.73 Å². The summed E-state index contributed by atoms with van der Waals surface area (Å²) < 4.78 is 0. The summed E-state index contributed by atoms with van der Waals surface area (Å²) >= 11 is 0. The van der Waals surface area contributed by atoms with Gasteiger partial charge in [0.15, 0.2) is 0 Å². The quantitative estimate of drug-likeness (QED) is 0.298. The summed E-state index contributed by atoms with van der Waals surface area (Å²) in [5, 5.41) is 3.05. The molecule has 0 saturated heterocycles. The Morgan fingerprint density at radius 2 is 2.14 bits per heavy atom. The standard InChI is InChI=1S/C5H14N2/c1-7-5-3-2-4-6/h7H,2-6H2,1H3/i1+1,7+1. The van der Waals surface area contributed by atoms with Crippen LogP contribution in [-0.4, -0.2) is 20.1 Å². The van der Waals surface area contributed by atoms with E-state index in [1.165, 1.54) is 6.42 Å². The maximum absolute atomic E-state index is 5.24. The molecule has 0 bridgehead atoms. The van der Waals surface area contributed by atoms with Crippen molar-refractivity contribution in [1.29, 1.82) is 0 Å². The minimum absolute atomic E-state index is 0.821. The van der Waals surface area contributed by atoms with Crippen molar-refractivity contribution in [3.63, 3.8) is 0 Å². The molecule has 0 rings (SSSR count). The normalized spacial score (nSPS) is 9.43. The van der Waals surface area contributed by atoms with Crippen LogP contribution in [0.4, 0.5) is 0 Å². The van der Waals surface area contributed by atoms with Crippen LogP contribution in [0.1, 0.15) is 12.8 Å². The van der Waals surface area contributed by atoms with Gasteiger partial charge in [0.05, 0.1) is 0 Å². The number of nitrogens with two attached hydrogens (primary N) is 1. The van der Waals surface area contributed by atoms with Crippen molar-refractivity contribution in [2.45, 2.75) is 12.8 Å². The fourth-order valence-electron chi connectivity index (χ4n) is 0.446. The molecule has 0 spiro atoms. The van der Waals surface area contributed by atoms with Crippen LogP contribution < -0.4 is 11.1 Å². The average Bonchev–Trinajstić information content (AvgIpc) is 1.69. The summed E-state index contributed by atoms with van der Waals surface area (Å²) in [5.74, 6) is 0. The van der Waals surface area contributed by atoms with E-state index in [9.17, 15) is 0 Å². The van der Waals surface area contributed by atoms with E-state index in [1.807, 2.05) is 7.05 Å². The third-order valence-corrected chi connectivity index (χ3v) is 0.881. The molecule has 44 valence electrons. The molecular weight excluding hydrogens is 90.1 g/mol. The first-order valence-corrected chi connectivity index (χ1v) is 2.76. The lowest BCUT2D eigenvalue weighted by atomic mass is 10.3. The molecular formula is C5H14N2. The molecule has 0 amide bonds. The molecule has 2 nitrogen and oxygen atoms in total. The highest BCUT2D eigenvalue weighted by atomic mass is 15.7. The smallest absolute Gasteiger partial charge is 0.00515 e. The van der Waals surface area contributed by atoms with E-state index in [1.54, 1.807) is 0 Å². The Morgan fingerprint density at radius 3 is 2.57 bits per heavy atom. The highest BCUT2D eigenvalue weighted by Gasteiger charge is 1.78. The van der Waals surface area contributed by atoms with E-state index in [2.05, 4.69) is 5.32 Å². The highest BCUT2D eigenvalue weighted by molar-refractivity contribution is 4.41. The van der Waals surface area contributed by atoms with E-state index in [0.717, 1.165) is 19.5 Å². The van der Waals surface area contributed by atoms with Crippen molar-refractivity contribution >= 4 is 0 Å². The van der Waals surface area contributed by atoms with Crippen LogP contribution in [0, 0.1) is 0 Å². The van der Waals surface area contributed by atoms with Crippen LogP contribution in [-0.2, 0) is 0 Å². The molecule has 0 heterocycles. The van der Waals surface area contributed by atoms with Gasteiger partial charge in [-0.1, -0.05) is 0 Å². The molecule has 0 aliphatic carbocycles. The fraction of sp³-hybridized carbons (Fsp3) is 1.00. The molecule has 0 aliphatic rings. The molecule has 0 fully saturated rings. The van der Waals surface area contributed by atoms with Crippen molar-refractivity contribution in [3.8, 4) is 0 Å². The summed E-state index contributed by atoms with van der Waals surface area (Å²) in [6, 6.07) is 0. The topological polar surface area (TPSA) is 38.0 Å². The number of hydrogen-bond donors (Lipinski definition) is 2. The predicted octanol–water partition coefficient (Wildman–Crippen LogP) is -0.0553. The third kappa shape index (κ3) is 5.92. The Kier molecular flexibility index (Phi) is 5.85. The second-order valence-electron chi connectivity index (χ2n) is 1.60. The maximum atomic E-state index is 5.24. The first kappa shape index (κ1) is 6.92. The molecule has 0 atom stereocenters. The number of unbranched alkanes of at least 4 members (excludes halogenated alkanes) is 1. The number of nitrogens with one attached hydrogen (secondary N) is 1. The zero-order valence-electron chi connectivity index (χ0n) is 4.91. The number of rotatable bonds is 4. The van der Waals surface area contributed by atoms with Crippen molar-refractivity contribution in [1.82, 2.24) is 5.32 Å². The Hall–Kier alpha value is -0.0800. The maximum Gasteiger partial charge on any atom is -0.00515 e. The second kappa shape index (κ2) is 5.92. The van der Waals surface area contributed by atoms with Gasteiger partial charge in [-0.25, -0.2) is 0 Å². The monoisotopic (exact) mass is 104 g/mol. The SMILES string of the molecule is [13CH3][15NH]CCCCN. The predicted molar refractivity (Wildman–Crippen MR) is 32.2 cm³/mol. The van der Waals surface area contributed by atoms with Crippen LogP contribution in [0.2, 0.25) is 0 Å². The van der Waals surface area contributed by atoms with Gasteiger partial charge >= 0.3 is 0 Å². The van der Waals surface area contributed by atoms with Gasteiger partial charge in [-0.2, -0.15) is 0 Å². The first-order chi connectivity index (χ1) is 3.41. The van der Waals surface area contributed by atoms with E-state index in [-0.39, 0.29) is 0 Å². The molecule has 0 aromatic carbocycles. The molecule has 3 N–H and O–H groups in total. The van der Waals surface area contributed by atoms with E-state index < -0.39 is 0 Å². The van der Waals surface area contributed by atoms with Gasteiger partial charge < -0.3 is 11.1 Å². The molecule has 7 heavy (non-hydrogen) atoms. The Bertz CT molecular complexity index is 25.3. The minimum Gasteiger partial charge on any atom is -0.330 e. The molecule has 0 saturated carbocycles. The summed E-state index contributed by atoms with van der Waals surface area (Å²) in [7, 11) is 1.95. The zero-order valence-corrected chi connectivity index (χ0v) is 4.91. The second-order valence-corrected chi connectivity index (χ2v) is 1.60. The lowest BCUT2D eigenvalue weighted by Gasteiger charge is -1.93. The van der Waals surface area contributed by atoms with Gasteiger partial charge in [-0.05, 0) is 33.0 Å². The van der Waals surface area contributed by atoms with E-state index in [0.29, 0.717) is 0 Å². The van der Waals surface area contributed by atoms with Crippen molar-refractivity contribution in [2.24, 2.45) is 5.73 Å². The first-order valence-electron chi connectivity index (χ1n) is 2.76. The van der Waals surface area contributed by atoms with Crippen LogP contribution >= 0.6 is 0 Å². The van der Waals surface area contributed by atoms with Crippen LogP contribution in [0.15, 0.2) is 0 Å². The Balaban J connectivity index is 2.45. The fourth-order valence-corrected chi connectivity index (χ4v) is 0.446. The third-order valence-electron chi connectivity index (χ3n) is 0.881. The Morgan fingerprint density at radius 1 is 1.43 bits per heavy atom. The lowest BCUT2D eigenvalue weighted by molar-refractivity contribution is 0.684. The average molecular weight is 104 g/mol. The molecule has 0 aromatic rings. The Labute approximate surface area is 45.1 Å². The van der Waals surface area contributed by atoms with Crippen LogP contribution in [0.5, 0.6) is 0 Å². The summed E-state index contributed by atoms with van der Waals surface area (Å²) in [4.78, 5) is 0. The van der Waals surface area contributed by atoms with Crippen molar-refractivity contribution < 1.29 is 0 Å². The van der Waals surface area contributed by atoms with E-state index >= 15 is 0 Å². The van der Waals surface area contributed by atoms with Gasteiger partial charge in [-0.3, -0.25) is 0 Å². The van der Waals surface area contributed by atoms with Crippen LogP contribution in [0.25, 0.3) is 0 Å². The van der Waals surface area contributed by atoms with Gasteiger partial charge in [-0.15, -0.1) is 0 Å². The van der Waals surface area contributed by atoms with Gasteiger partial charge in [0.25, 0.3) is 0 Å². The summed E-state index contributed by atoms with van der Waals surface area (Å²) in [6.45, 7) is 1.92. The number of hydrogen-bond acceptors (Lipinski definition) is 2. The highest BCUT2D eigenvalue weighted by Crippen LogP contribution is 1.79. The van der Waals surface area contributed by atoms with Gasteiger partial charge in [0.2, 0.25) is 0 Å². The molecule has 0 unspecified atom stereocenters. The van der Waals surface area contributed by atoms with Crippen LogP contribution in [0.3, 0.4) is 0 Å². The van der Waals surface area contributed by atoms with Gasteiger partial charge in [0, 0.05) is 0 Å². The zero-order chi connectivity index (χ0) is 5.54. The molecule has 0 aromatic heterocycles. The summed E-state index contributed by atoms with van der Waals surface area (Å²) in [6.07, 6.45) is 2.34. The lowest BCUT2D eigenvalue weighted by Crippen LogP contribution is -2.09. The van der Waals surface area contributed by atoms with Crippen molar-refractivity contribution in [2.75, 3.05) is 20.1 Å².